The quantitative estimate of drug-likeness (QED) is 0.751. The summed E-state index contributed by atoms with van der Waals surface area (Å²) in [5.41, 5.74) is 8.96. The van der Waals surface area contributed by atoms with E-state index >= 15 is 0 Å². The SMILES string of the molecule is N/C=C(\C(Cl)c1ccncc1)n1nnc2ccccc21. The minimum atomic E-state index is -0.423. The second-order valence-corrected chi connectivity index (χ2v) is 4.66. The number of aromatic nitrogens is 4. The summed E-state index contributed by atoms with van der Waals surface area (Å²) in [7, 11) is 0. The van der Waals surface area contributed by atoms with Crippen LogP contribution in [0.1, 0.15) is 10.9 Å². The van der Waals surface area contributed by atoms with E-state index in [1.54, 1.807) is 17.1 Å². The Morgan fingerprint density at radius 2 is 1.95 bits per heavy atom. The molecule has 0 fully saturated rings. The van der Waals surface area contributed by atoms with Crippen LogP contribution < -0.4 is 5.73 Å². The molecule has 3 aromatic rings. The van der Waals surface area contributed by atoms with Gasteiger partial charge in [0, 0.05) is 18.6 Å². The van der Waals surface area contributed by atoms with Crippen LogP contribution in [0.3, 0.4) is 0 Å². The van der Waals surface area contributed by atoms with Crippen molar-refractivity contribution in [3.05, 3.63) is 60.6 Å². The third-order valence-corrected chi connectivity index (χ3v) is 3.50. The lowest BCUT2D eigenvalue weighted by molar-refractivity contribution is 0.813. The van der Waals surface area contributed by atoms with Crippen molar-refractivity contribution in [1.29, 1.82) is 0 Å². The molecule has 3 rings (SSSR count). The minimum absolute atomic E-state index is 0.423. The number of fused-ring (bicyclic) bond motifs is 1. The van der Waals surface area contributed by atoms with Crippen LogP contribution in [0.4, 0.5) is 0 Å². The Morgan fingerprint density at radius 3 is 2.70 bits per heavy atom. The molecule has 0 spiro atoms. The van der Waals surface area contributed by atoms with Gasteiger partial charge >= 0.3 is 0 Å². The van der Waals surface area contributed by atoms with Gasteiger partial charge in [-0.25, -0.2) is 4.68 Å². The summed E-state index contributed by atoms with van der Waals surface area (Å²) >= 11 is 6.50. The maximum absolute atomic E-state index is 6.50. The molecule has 6 heteroatoms. The third-order valence-electron chi connectivity index (χ3n) is 3.03. The number of nitrogens with two attached hydrogens (primary N) is 1. The average molecular weight is 286 g/mol. The largest absolute Gasteiger partial charge is 0.403 e. The highest BCUT2D eigenvalue weighted by Gasteiger charge is 2.18. The summed E-state index contributed by atoms with van der Waals surface area (Å²) in [4.78, 5) is 3.98. The summed E-state index contributed by atoms with van der Waals surface area (Å²) in [6.45, 7) is 0. The molecule has 20 heavy (non-hydrogen) atoms. The van der Waals surface area contributed by atoms with Crippen molar-refractivity contribution >= 4 is 28.3 Å². The van der Waals surface area contributed by atoms with Crippen molar-refractivity contribution in [1.82, 2.24) is 20.0 Å². The monoisotopic (exact) mass is 285 g/mol. The summed E-state index contributed by atoms with van der Waals surface area (Å²) in [6.07, 6.45) is 4.84. The van der Waals surface area contributed by atoms with Gasteiger partial charge in [-0.3, -0.25) is 4.98 Å². The molecule has 0 aliphatic heterocycles. The molecule has 0 saturated heterocycles. The second kappa shape index (κ2) is 5.30. The molecular weight excluding hydrogens is 274 g/mol. The highest BCUT2D eigenvalue weighted by Crippen LogP contribution is 2.32. The van der Waals surface area contributed by atoms with Crippen LogP contribution in [0.2, 0.25) is 0 Å². The lowest BCUT2D eigenvalue weighted by Crippen LogP contribution is -2.07. The number of hydrogen-bond acceptors (Lipinski definition) is 4. The molecule has 2 heterocycles. The molecule has 0 aliphatic rings. The third kappa shape index (κ3) is 2.12. The normalized spacial score (nSPS) is 13.6. The number of benzene rings is 1. The molecule has 0 aliphatic carbocycles. The number of para-hydroxylation sites is 1. The summed E-state index contributed by atoms with van der Waals surface area (Å²) < 4.78 is 1.66. The standard InChI is InChI=1S/C14H12ClN5/c15-14(10-5-7-17-8-6-10)13(9-16)20-12-4-2-1-3-11(12)18-19-20/h1-9,14H,16H2/b13-9+. The zero-order chi connectivity index (χ0) is 13.9. The fourth-order valence-electron chi connectivity index (χ4n) is 2.03. The minimum Gasteiger partial charge on any atom is -0.403 e. The highest BCUT2D eigenvalue weighted by atomic mass is 35.5. The molecule has 0 saturated carbocycles. The van der Waals surface area contributed by atoms with E-state index in [0.29, 0.717) is 5.70 Å². The Balaban J connectivity index is 2.07. The summed E-state index contributed by atoms with van der Waals surface area (Å²) in [5, 5.41) is 7.82. The van der Waals surface area contributed by atoms with Gasteiger partial charge in [0.2, 0.25) is 0 Å². The van der Waals surface area contributed by atoms with Crippen molar-refractivity contribution < 1.29 is 0 Å². The van der Waals surface area contributed by atoms with Crippen LogP contribution in [-0.2, 0) is 0 Å². The smallest absolute Gasteiger partial charge is 0.113 e. The van der Waals surface area contributed by atoms with Gasteiger partial charge in [-0.15, -0.1) is 16.7 Å². The van der Waals surface area contributed by atoms with Gasteiger partial charge in [0.05, 0.1) is 11.2 Å². The van der Waals surface area contributed by atoms with E-state index in [2.05, 4.69) is 15.3 Å². The van der Waals surface area contributed by atoms with E-state index in [1.165, 1.54) is 6.20 Å². The number of hydrogen-bond donors (Lipinski definition) is 1. The number of pyridine rings is 1. The molecule has 0 bridgehead atoms. The van der Waals surface area contributed by atoms with Crippen LogP contribution in [0, 0.1) is 0 Å². The molecule has 2 aromatic heterocycles. The first kappa shape index (κ1) is 12.6. The Labute approximate surface area is 120 Å². The van der Waals surface area contributed by atoms with E-state index < -0.39 is 5.38 Å². The van der Waals surface area contributed by atoms with Crippen LogP contribution >= 0.6 is 11.6 Å². The molecule has 100 valence electrons. The number of alkyl halides is 1. The molecule has 1 atom stereocenters. The number of rotatable bonds is 3. The predicted molar refractivity (Wildman–Crippen MR) is 78.8 cm³/mol. The van der Waals surface area contributed by atoms with E-state index in [9.17, 15) is 0 Å². The van der Waals surface area contributed by atoms with E-state index in [-0.39, 0.29) is 0 Å². The number of nitrogens with zero attached hydrogens (tertiary/aromatic N) is 4. The highest BCUT2D eigenvalue weighted by molar-refractivity contribution is 6.25. The molecule has 0 amide bonds. The van der Waals surface area contributed by atoms with Crippen LogP contribution in [0.15, 0.2) is 55.0 Å². The Hall–Kier alpha value is -2.40. The number of allylic oxidation sites excluding steroid dienone is 1. The second-order valence-electron chi connectivity index (χ2n) is 4.22. The first-order chi connectivity index (χ1) is 9.81. The lowest BCUT2D eigenvalue weighted by Gasteiger charge is -2.14. The topological polar surface area (TPSA) is 69.6 Å². The van der Waals surface area contributed by atoms with Gasteiger partial charge in [0.25, 0.3) is 0 Å². The molecule has 1 unspecified atom stereocenters. The van der Waals surface area contributed by atoms with E-state index in [4.69, 9.17) is 17.3 Å². The molecule has 2 N–H and O–H groups in total. The Kier molecular flexibility index (Phi) is 3.35. The van der Waals surface area contributed by atoms with Gasteiger partial charge in [0.1, 0.15) is 10.9 Å². The lowest BCUT2D eigenvalue weighted by atomic mass is 10.1. The van der Waals surface area contributed by atoms with Crippen molar-refractivity contribution in [2.75, 3.05) is 0 Å². The van der Waals surface area contributed by atoms with E-state index in [0.717, 1.165) is 16.6 Å². The van der Waals surface area contributed by atoms with Gasteiger partial charge < -0.3 is 5.73 Å². The molecule has 1 aromatic carbocycles. The Morgan fingerprint density at radius 1 is 1.20 bits per heavy atom. The first-order valence-electron chi connectivity index (χ1n) is 6.08. The maximum atomic E-state index is 6.50. The van der Waals surface area contributed by atoms with Crippen LogP contribution in [-0.4, -0.2) is 20.0 Å². The Bertz CT molecular complexity index is 750. The van der Waals surface area contributed by atoms with Gasteiger partial charge in [-0.2, -0.15) is 0 Å². The maximum Gasteiger partial charge on any atom is 0.113 e. The number of halogens is 1. The van der Waals surface area contributed by atoms with E-state index in [1.807, 2.05) is 36.4 Å². The van der Waals surface area contributed by atoms with Crippen LogP contribution in [0.5, 0.6) is 0 Å². The van der Waals surface area contributed by atoms with Crippen molar-refractivity contribution in [3.63, 3.8) is 0 Å². The zero-order valence-corrected chi connectivity index (χ0v) is 11.3. The summed E-state index contributed by atoms with van der Waals surface area (Å²) in [5.74, 6) is 0. The van der Waals surface area contributed by atoms with Gasteiger partial charge in [-0.05, 0) is 29.8 Å². The summed E-state index contributed by atoms with van der Waals surface area (Å²) in [6, 6.07) is 11.3. The molecular formula is C14H12ClN5. The molecule has 0 radical (unpaired) electrons. The van der Waals surface area contributed by atoms with Crippen LogP contribution in [0.25, 0.3) is 16.7 Å². The first-order valence-corrected chi connectivity index (χ1v) is 6.51. The van der Waals surface area contributed by atoms with Crippen molar-refractivity contribution in [3.8, 4) is 0 Å². The molecule has 5 nitrogen and oxygen atoms in total. The van der Waals surface area contributed by atoms with Gasteiger partial charge in [0.15, 0.2) is 0 Å². The fraction of sp³-hybridized carbons (Fsp3) is 0.0714. The average Bonchev–Trinajstić information content (AvgIpc) is 2.93. The zero-order valence-electron chi connectivity index (χ0n) is 10.5. The fourth-order valence-corrected chi connectivity index (χ4v) is 2.34. The van der Waals surface area contributed by atoms with Gasteiger partial charge in [-0.1, -0.05) is 17.3 Å². The predicted octanol–water partition coefficient (Wildman–Crippen LogP) is 2.56. The van der Waals surface area contributed by atoms with Crippen molar-refractivity contribution in [2.45, 2.75) is 5.38 Å². The van der Waals surface area contributed by atoms with Crippen molar-refractivity contribution in [2.24, 2.45) is 5.73 Å².